The molecule has 2 aliphatic rings. The van der Waals surface area contributed by atoms with Gasteiger partial charge in [-0.3, -0.25) is 0 Å². The van der Waals surface area contributed by atoms with Crippen LogP contribution in [0.1, 0.15) is 65.8 Å². The Morgan fingerprint density at radius 3 is 1.67 bits per heavy atom. The third-order valence-electron chi connectivity index (χ3n) is 14.3. The van der Waals surface area contributed by atoms with Gasteiger partial charge >= 0.3 is 0 Å². The molecule has 1 saturated carbocycles. The predicted molar refractivity (Wildman–Crippen MR) is 270 cm³/mol. The van der Waals surface area contributed by atoms with Crippen LogP contribution < -0.4 is 4.90 Å². The minimum atomic E-state index is -0.508. The summed E-state index contributed by atoms with van der Waals surface area (Å²) < 4.78 is 0. The summed E-state index contributed by atoms with van der Waals surface area (Å²) in [6.07, 6.45) is 6.45. The van der Waals surface area contributed by atoms with Crippen LogP contribution in [-0.2, 0) is 5.41 Å². The zero-order chi connectivity index (χ0) is 42.5. The molecule has 1 heteroatoms. The summed E-state index contributed by atoms with van der Waals surface area (Å²) in [5.41, 5.74) is 17.5. The highest BCUT2D eigenvalue weighted by Gasteiger charge is 2.47. The first-order valence-corrected chi connectivity index (χ1v) is 23.1. The summed E-state index contributed by atoms with van der Waals surface area (Å²) in [5, 5.41) is 4.95. The van der Waals surface area contributed by atoms with Crippen molar-refractivity contribution in [3.63, 3.8) is 0 Å². The maximum atomic E-state index is 2.53. The van der Waals surface area contributed by atoms with E-state index in [2.05, 4.69) is 235 Å². The summed E-state index contributed by atoms with van der Waals surface area (Å²) in [6.45, 7) is 0. The number of nitrogens with zero attached hydrogens (tertiary/aromatic N) is 1. The van der Waals surface area contributed by atoms with E-state index < -0.39 is 5.41 Å². The van der Waals surface area contributed by atoms with Crippen LogP contribution in [0.25, 0.3) is 54.9 Å². The molecule has 0 bridgehead atoms. The largest absolute Gasteiger partial charge is 0.310 e. The van der Waals surface area contributed by atoms with Gasteiger partial charge in [0.1, 0.15) is 0 Å². The van der Waals surface area contributed by atoms with Crippen molar-refractivity contribution in [3.8, 4) is 33.4 Å². The minimum Gasteiger partial charge on any atom is -0.310 e. The Balaban J connectivity index is 1.09. The molecule has 2 aliphatic carbocycles. The maximum Gasteiger partial charge on any atom is 0.0714 e. The van der Waals surface area contributed by atoms with Gasteiger partial charge < -0.3 is 4.90 Å². The second kappa shape index (κ2) is 16.0. The van der Waals surface area contributed by atoms with Crippen LogP contribution in [0.15, 0.2) is 231 Å². The Morgan fingerprint density at radius 1 is 0.375 bits per heavy atom. The lowest BCUT2D eigenvalue weighted by molar-refractivity contribution is 0.444. The molecule has 306 valence electrons. The molecule has 10 aromatic carbocycles. The lowest BCUT2D eigenvalue weighted by Crippen LogP contribution is -2.29. The predicted octanol–water partition coefficient (Wildman–Crippen LogP) is 17.2. The molecule has 0 unspecified atom stereocenters. The van der Waals surface area contributed by atoms with Crippen LogP contribution in [0, 0.1) is 0 Å². The fourth-order valence-electron chi connectivity index (χ4n) is 11.5. The van der Waals surface area contributed by atoms with Crippen molar-refractivity contribution in [2.75, 3.05) is 4.90 Å². The Hall–Kier alpha value is -7.48. The third kappa shape index (κ3) is 6.21. The molecule has 0 atom stereocenters. The van der Waals surface area contributed by atoms with E-state index in [0.29, 0.717) is 5.92 Å². The van der Waals surface area contributed by atoms with Crippen molar-refractivity contribution < 1.29 is 0 Å². The van der Waals surface area contributed by atoms with Gasteiger partial charge in [-0.2, -0.15) is 0 Å². The first-order chi connectivity index (χ1) is 31.8. The van der Waals surface area contributed by atoms with Crippen LogP contribution in [0.5, 0.6) is 0 Å². The first kappa shape index (κ1) is 38.2. The van der Waals surface area contributed by atoms with Crippen LogP contribution in [0.4, 0.5) is 17.1 Å². The van der Waals surface area contributed by atoms with Crippen LogP contribution in [-0.4, -0.2) is 0 Å². The molecule has 64 heavy (non-hydrogen) atoms. The Bertz CT molecular complexity index is 3240. The Morgan fingerprint density at radius 2 is 0.953 bits per heavy atom. The second-order valence-corrected chi connectivity index (χ2v) is 17.8. The van der Waals surface area contributed by atoms with Gasteiger partial charge in [0.05, 0.1) is 11.1 Å². The maximum absolute atomic E-state index is 2.53. The molecule has 12 rings (SSSR count). The van der Waals surface area contributed by atoms with Gasteiger partial charge in [0.2, 0.25) is 0 Å². The van der Waals surface area contributed by atoms with E-state index in [-0.39, 0.29) is 0 Å². The van der Waals surface area contributed by atoms with Gasteiger partial charge in [-0.25, -0.2) is 0 Å². The molecule has 1 nitrogen and oxygen atoms in total. The smallest absolute Gasteiger partial charge is 0.0714 e. The van der Waals surface area contributed by atoms with Crippen molar-refractivity contribution in [2.45, 2.75) is 43.4 Å². The molecule has 0 aliphatic heterocycles. The molecular weight excluding hydrogens is 771 g/mol. The third-order valence-corrected chi connectivity index (χ3v) is 14.3. The SMILES string of the molecule is c1ccc(-c2c(-c3ccc(N(c4ccc5c(c4)C(c4ccccc4)(c4ccccc4)c4cccc(C6CCCCC6)c4-5)c4cccc5ccccc45)cc3)ccc3ccccc23)cc1. The number of fused-ring (bicyclic) bond motifs is 5. The minimum absolute atomic E-state index is 0.508. The molecule has 10 aromatic rings. The van der Waals surface area contributed by atoms with E-state index in [1.807, 2.05) is 0 Å². The number of anilines is 3. The lowest BCUT2D eigenvalue weighted by atomic mass is 9.67. The van der Waals surface area contributed by atoms with E-state index in [0.717, 1.165) is 17.1 Å². The van der Waals surface area contributed by atoms with Crippen molar-refractivity contribution in [2.24, 2.45) is 0 Å². The highest BCUT2D eigenvalue weighted by molar-refractivity contribution is 6.05. The van der Waals surface area contributed by atoms with Gasteiger partial charge in [-0.05, 0) is 126 Å². The molecule has 1 fully saturated rings. The lowest BCUT2D eigenvalue weighted by Gasteiger charge is -2.35. The zero-order valence-electron chi connectivity index (χ0n) is 36.0. The van der Waals surface area contributed by atoms with Gasteiger partial charge in [0.25, 0.3) is 0 Å². The second-order valence-electron chi connectivity index (χ2n) is 17.8. The monoisotopic (exact) mass is 819 g/mol. The molecule has 0 N–H and O–H groups in total. The first-order valence-electron chi connectivity index (χ1n) is 23.1. The molecule has 0 amide bonds. The van der Waals surface area contributed by atoms with Gasteiger partial charge in [0.15, 0.2) is 0 Å². The molecule has 0 radical (unpaired) electrons. The molecular formula is C63H49N. The van der Waals surface area contributed by atoms with Gasteiger partial charge in [-0.15, -0.1) is 0 Å². The van der Waals surface area contributed by atoms with Crippen LogP contribution in [0.3, 0.4) is 0 Å². The Labute approximate surface area is 376 Å². The van der Waals surface area contributed by atoms with Crippen LogP contribution in [0.2, 0.25) is 0 Å². The zero-order valence-corrected chi connectivity index (χ0v) is 36.0. The quantitative estimate of drug-likeness (QED) is 0.148. The molecule has 0 aromatic heterocycles. The van der Waals surface area contributed by atoms with Crippen LogP contribution >= 0.6 is 0 Å². The molecule has 0 spiro atoms. The standard InChI is InChI=1S/C63H49N/c1-5-19-45(20-6-1)55-32-18-33-58-62(55)57-42-40-52(43-59(57)63(58,49-26-9-3-10-27-49)50-28-11-4-12-29-50)64(60-34-17-25-44-21-13-15-30-53(44)60)51-38-35-47(36-39-51)56-41-37-46-22-14-16-31-54(46)61(56)48-23-7-2-8-24-48/h2-4,7-18,21-43,45H,1,5-6,19-20H2. The average Bonchev–Trinajstić information content (AvgIpc) is 3.68. The Kier molecular flexibility index (Phi) is 9.56. The van der Waals surface area contributed by atoms with E-state index in [9.17, 15) is 0 Å². The summed E-state index contributed by atoms with van der Waals surface area (Å²) in [5.74, 6) is 0.564. The van der Waals surface area contributed by atoms with Crippen molar-refractivity contribution >= 4 is 38.6 Å². The normalized spacial score (nSPS) is 14.3. The summed E-state index contributed by atoms with van der Waals surface area (Å²) in [6, 6.07) is 86.2. The number of hydrogen-bond acceptors (Lipinski definition) is 1. The van der Waals surface area contributed by atoms with Gasteiger partial charge in [-0.1, -0.05) is 219 Å². The van der Waals surface area contributed by atoms with E-state index in [1.54, 1.807) is 0 Å². The van der Waals surface area contributed by atoms with E-state index in [4.69, 9.17) is 0 Å². The number of benzene rings is 10. The number of rotatable bonds is 8. The van der Waals surface area contributed by atoms with E-state index >= 15 is 0 Å². The van der Waals surface area contributed by atoms with E-state index in [1.165, 1.54) is 115 Å². The van der Waals surface area contributed by atoms with Crippen molar-refractivity contribution in [3.05, 3.63) is 258 Å². The highest BCUT2D eigenvalue weighted by Crippen LogP contribution is 2.59. The summed E-state index contributed by atoms with van der Waals surface area (Å²) in [7, 11) is 0. The topological polar surface area (TPSA) is 3.24 Å². The molecule has 0 saturated heterocycles. The average molecular weight is 820 g/mol. The number of hydrogen-bond donors (Lipinski definition) is 0. The summed E-state index contributed by atoms with van der Waals surface area (Å²) in [4.78, 5) is 2.50. The fraction of sp³-hybridized carbons (Fsp3) is 0.111. The highest BCUT2D eigenvalue weighted by atomic mass is 15.1. The fourth-order valence-corrected chi connectivity index (χ4v) is 11.5. The summed E-state index contributed by atoms with van der Waals surface area (Å²) >= 11 is 0. The van der Waals surface area contributed by atoms with Crippen molar-refractivity contribution in [1.82, 2.24) is 0 Å². The van der Waals surface area contributed by atoms with Gasteiger partial charge in [0, 0.05) is 16.8 Å². The molecule has 0 heterocycles. The van der Waals surface area contributed by atoms with Crippen molar-refractivity contribution in [1.29, 1.82) is 0 Å².